The van der Waals surface area contributed by atoms with Crippen molar-refractivity contribution >= 4 is 46.7 Å². The number of carbonyl (C=O) groups is 3. The second-order valence-corrected chi connectivity index (χ2v) is 9.22. The highest BCUT2D eigenvalue weighted by Crippen LogP contribution is 2.64. The number of aliphatic carboxylic acids is 1. The summed E-state index contributed by atoms with van der Waals surface area (Å²) in [5, 5.41) is 11.2. The third-order valence-corrected chi connectivity index (χ3v) is 7.66. The number of hydrogen-bond acceptors (Lipinski definition) is 3. The van der Waals surface area contributed by atoms with Crippen molar-refractivity contribution in [2.45, 2.75) is 11.3 Å². The molecule has 7 heteroatoms. The molecule has 32 heavy (non-hydrogen) atoms. The molecule has 5 nitrogen and oxygen atoms in total. The number of carbonyl (C=O) groups excluding carboxylic acids is 2. The first-order chi connectivity index (χ1) is 15.4. The first-order valence-corrected chi connectivity index (χ1v) is 10.9. The van der Waals surface area contributed by atoms with Crippen molar-refractivity contribution in [1.29, 1.82) is 0 Å². The highest BCUT2D eigenvalue weighted by Gasteiger charge is 2.71. The van der Waals surface area contributed by atoms with Gasteiger partial charge in [-0.15, -0.1) is 0 Å². The van der Waals surface area contributed by atoms with E-state index in [1.54, 1.807) is 30.3 Å². The van der Waals surface area contributed by atoms with Crippen LogP contribution in [0.15, 0.2) is 66.7 Å². The summed E-state index contributed by atoms with van der Waals surface area (Å²) in [7, 11) is 0. The van der Waals surface area contributed by atoms with Gasteiger partial charge in [0.25, 0.3) is 0 Å². The molecule has 2 bridgehead atoms. The monoisotopic (exact) mass is 463 g/mol. The summed E-state index contributed by atoms with van der Waals surface area (Å²) < 4.78 is 0. The maximum absolute atomic E-state index is 13.9. The van der Waals surface area contributed by atoms with Crippen molar-refractivity contribution in [2.75, 3.05) is 4.90 Å². The quantitative estimate of drug-likeness (QED) is 0.562. The molecule has 1 heterocycles. The van der Waals surface area contributed by atoms with E-state index >= 15 is 0 Å². The Balaban J connectivity index is 1.68. The Kier molecular flexibility index (Phi) is 3.93. The van der Waals surface area contributed by atoms with Gasteiger partial charge in [0, 0.05) is 10.9 Å². The smallest absolute Gasteiger partial charge is 0.319 e. The molecule has 0 saturated carbocycles. The Morgan fingerprint density at radius 3 is 2.06 bits per heavy atom. The summed E-state index contributed by atoms with van der Waals surface area (Å²) in [6, 6.07) is 19.0. The average molecular weight is 464 g/mol. The molecule has 1 fully saturated rings. The summed E-state index contributed by atoms with van der Waals surface area (Å²) >= 11 is 12.5. The van der Waals surface area contributed by atoms with Gasteiger partial charge in [-0.05, 0) is 40.5 Å². The molecule has 4 aliphatic rings. The van der Waals surface area contributed by atoms with Crippen LogP contribution < -0.4 is 4.90 Å². The van der Waals surface area contributed by atoms with Gasteiger partial charge in [-0.1, -0.05) is 71.7 Å². The van der Waals surface area contributed by atoms with Crippen LogP contribution in [0.1, 0.15) is 28.2 Å². The lowest BCUT2D eigenvalue weighted by atomic mass is 9.47. The zero-order valence-electron chi connectivity index (χ0n) is 16.5. The second-order valence-electron chi connectivity index (χ2n) is 8.38. The Labute approximate surface area is 193 Å². The van der Waals surface area contributed by atoms with Gasteiger partial charge in [0.1, 0.15) is 5.41 Å². The number of halogens is 2. The van der Waals surface area contributed by atoms with Crippen LogP contribution >= 0.6 is 23.2 Å². The SMILES string of the molecule is O=C1[C@@H]2C3c4ccccc4C(C(=O)O)(c4ccccc43)[C@@H]2C(=O)N1c1cc(Cl)ccc1Cl. The topological polar surface area (TPSA) is 74.7 Å². The minimum atomic E-state index is -1.67. The van der Waals surface area contributed by atoms with Gasteiger partial charge in [-0.2, -0.15) is 0 Å². The number of nitrogens with zero attached hydrogens (tertiary/aromatic N) is 1. The third kappa shape index (κ3) is 2.13. The molecule has 3 aromatic carbocycles. The van der Waals surface area contributed by atoms with Gasteiger partial charge in [0.15, 0.2) is 0 Å². The van der Waals surface area contributed by atoms with E-state index < -0.39 is 41.0 Å². The predicted octanol–water partition coefficient (Wildman–Crippen LogP) is 4.63. The van der Waals surface area contributed by atoms with Crippen LogP contribution in [0.2, 0.25) is 10.0 Å². The van der Waals surface area contributed by atoms with E-state index in [1.165, 1.54) is 12.1 Å². The summed E-state index contributed by atoms with van der Waals surface area (Å²) in [6.45, 7) is 0. The second kappa shape index (κ2) is 6.44. The van der Waals surface area contributed by atoms with Crippen molar-refractivity contribution in [1.82, 2.24) is 0 Å². The third-order valence-electron chi connectivity index (χ3n) is 7.10. The fourth-order valence-electron chi connectivity index (χ4n) is 6.03. The lowest BCUT2D eigenvalue weighted by molar-refractivity contribution is -0.149. The number of rotatable bonds is 2. The normalized spacial score (nSPS) is 27.2. The van der Waals surface area contributed by atoms with E-state index in [0.717, 1.165) is 16.0 Å². The number of hydrogen-bond donors (Lipinski definition) is 1. The Morgan fingerprint density at radius 1 is 0.875 bits per heavy atom. The van der Waals surface area contributed by atoms with Gasteiger partial charge in [0.05, 0.1) is 22.5 Å². The number of amides is 2. The van der Waals surface area contributed by atoms with Crippen LogP contribution in [0.4, 0.5) is 5.69 Å². The molecular formula is C25H15Cl2NO4. The molecule has 0 radical (unpaired) electrons. The van der Waals surface area contributed by atoms with Gasteiger partial charge in [0.2, 0.25) is 11.8 Å². The van der Waals surface area contributed by atoms with Gasteiger partial charge in [-0.3, -0.25) is 14.4 Å². The van der Waals surface area contributed by atoms with Crippen LogP contribution in [0, 0.1) is 11.8 Å². The number of benzene rings is 3. The summed E-state index contributed by atoms with van der Waals surface area (Å²) in [6.07, 6.45) is 0. The van der Waals surface area contributed by atoms with E-state index in [1.807, 2.05) is 24.3 Å². The molecule has 158 valence electrons. The minimum Gasteiger partial charge on any atom is -0.480 e. The van der Waals surface area contributed by atoms with Crippen LogP contribution in [0.25, 0.3) is 0 Å². The molecule has 0 aromatic heterocycles. The fraction of sp³-hybridized carbons (Fsp3) is 0.160. The van der Waals surface area contributed by atoms with Crippen LogP contribution in [0.3, 0.4) is 0 Å². The molecule has 0 spiro atoms. The average Bonchev–Trinajstić information content (AvgIpc) is 3.06. The van der Waals surface area contributed by atoms with E-state index in [0.29, 0.717) is 16.1 Å². The van der Waals surface area contributed by atoms with E-state index in [-0.39, 0.29) is 10.7 Å². The van der Waals surface area contributed by atoms with Crippen LogP contribution in [-0.2, 0) is 19.8 Å². The fourth-order valence-corrected chi connectivity index (χ4v) is 6.40. The van der Waals surface area contributed by atoms with Crippen molar-refractivity contribution < 1.29 is 19.5 Å². The molecule has 3 aliphatic carbocycles. The van der Waals surface area contributed by atoms with Crippen LogP contribution in [0.5, 0.6) is 0 Å². The zero-order chi connectivity index (χ0) is 22.4. The molecule has 7 rings (SSSR count). The summed E-state index contributed by atoms with van der Waals surface area (Å²) in [5.41, 5.74) is 1.19. The molecule has 0 unspecified atom stereocenters. The molecule has 1 saturated heterocycles. The van der Waals surface area contributed by atoms with E-state index in [2.05, 4.69) is 0 Å². The number of anilines is 1. The van der Waals surface area contributed by atoms with Crippen molar-refractivity contribution in [3.63, 3.8) is 0 Å². The maximum Gasteiger partial charge on any atom is 0.319 e. The number of carboxylic acids is 1. The van der Waals surface area contributed by atoms with Gasteiger partial charge in [-0.25, -0.2) is 4.90 Å². The molecular weight excluding hydrogens is 449 g/mol. The maximum atomic E-state index is 13.9. The first-order valence-electron chi connectivity index (χ1n) is 10.1. The van der Waals surface area contributed by atoms with Crippen LogP contribution in [-0.4, -0.2) is 22.9 Å². The molecule has 2 atom stereocenters. The molecule has 1 aliphatic heterocycles. The Bertz CT molecular complexity index is 1320. The Morgan fingerprint density at radius 2 is 1.47 bits per heavy atom. The number of carboxylic acid groups (broad SMARTS) is 1. The lowest BCUT2D eigenvalue weighted by Crippen LogP contribution is -2.57. The zero-order valence-corrected chi connectivity index (χ0v) is 18.0. The standard InChI is InChI=1S/C25H15Cl2NO4/c26-12-9-10-17(27)18(11-12)28-22(29)20-19-13-5-1-3-7-15(13)25(24(31)32,21(20)23(28)30)16-8-4-2-6-14(16)19/h1-11,19-21H,(H,31,32)/t19?,20-,21+,25?/m1/s1. The highest BCUT2D eigenvalue weighted by atomic mass is 35.5. The highest BCUT2D eigenvalue weighted by molar-refractivity contribution is 6.38. The number of imide groups is 1. The Hall–Kier alpha value is -3.15. The molecule has 2 amide bonds. The lowest BCUT2D eigenvalue weighted by Gasteiger charge is -2.51. The van der Waals surface area contributed by atoms with Gasteiger partial charge >= 0.3 is 5.97 Å². The predicted molar refractivity (Wildman–Crippen MR) is 119 cm³/mol. The molecule has 3 aromatic rings. The largest absolute Gasteiger partial charge is 0.480 e. The van der Waals surface area contributed by atoms with Gasteiger partial charge < -0.3 is 5.11 Å². The van der Waals surface area contributed by atoms with Crippen molar-refractivity contribution in [3.05, 3.63) is 99.0 Å². The van der Waals surface area contributed by atoms with E-state index in [9.17, 15) is 19.5 Å². The van der Waals surface area contributed by atoms with Crippen molar-refractivity contribution in [3.8, 4) is 0 Å². The van der Waals surface area contributed by atoms with Crippen molar-refractivity contribution in [2.24, 2.45) is 11.8 Å². The minimum absolute atomic E-state index is 0.177. The first kappa shape index (κ1) is 19.5. The molecule has 1 N–H and O–H groups in total. The summed E-state index contributed by atoms with van der Waals surface area (Å²) in [4.78, 5) is 41.8. The summed E-state index contributed by atoms with van der Waals surface area (Å²) in [5.74, 6) is -4.53. The van der Waals surface area contributed by atoms with E-state index in [4.69, 9.17) is 23.2 Å².